The first-order valence-corrected chi connectivity index (χ1v) is 23.0. The molecule has 0 aromatic rings. The molecule has 0 heterocycles. The third-order valence-electron chi connectivity index (χ3n) is 8.93. The van der Waals surface area contributed by atoms with Crippen LogP contribution in [-0.2, 0) is 37.5 Å². The Morgan fingerprint density at radius 3 is 1.70 bits per heavy atom. The van der Waals surface area contributed by atoms with E-state index in [2.05, 4.69) is 42.7 Å². The number of phosphoric acid groups is 1. The van der Waals surface area contributed by atoms with Crippen LogP contribution >= 0.6 is 7.82 Å². The third-order valence-corrected chi connectivity index (χ3v) is 9.88. The van der Waals surface area contributed by atoms with Crippen molar-refractivity contribution in [2.45, 2.75) is 187 Å². The molecule has 0 amide bonds. The molecule has 324 valence electrons. The predicted octanol–water partition coefficient (Wildman–Crippen LogP) is 10.5. The summed E-state index contributed by atoms with van der Waals surface area (Å²) >= 11 is 0. The topological polar surface area (TPSA) is 166 Å². The first-order chi connectivity index (χ1) is 27.1. The number of ketones is 1. The number of phosphoric ester groups is 1. The minimum atomic E-state index is -4.64. The SMILES string of the molecule is CCCCC/C=C\C/C=C\CCCCCCCCCC(=O)OC[C@H](COP(=O)(O)OC[C@@H](O)CO)OC(=O)CCCCCCC/C=C\C=C\C(=O)CCCCC. The summed E-state index contributed by atoms with van der Waals surface area (Å²) in [6.45, 7) is 2.13. The van der Waals surface area contributed by atoms with Crippen molar-refractivity contribution in [1.82, 2.24) is 0 Å². The summed E-state index contributed by atoms with van der Waals surface area (Å²) in [5.41, 5.74) is 0. The highest BCUT2D eigenvalue weighted by Gasteiger charge is 2.27. The maximum atomic E-state index is 12.6. The van der Waals surface area contributed by atoms with E-state index in [4.69, 9.17) is 19.1 Å². The van der Waals surface area contributed by atoms with Gasteiger partial charge in [-0.15, -0.1) is 0 Å². The number of carbonyl (C=O) groups is 3. The quantitative estimate of drug-likeness (QED) is 0.0135. The van der Waals surface area contributed by atoms with Gasteiger partial charge >= 0.3 is 19.8 Å². The molecule has 3 atom stereocenters. The van der Waals surface area contributed by atoms with E-state index in [1.54, 1.807) is 12.2 Å². The van der Waals surface area contributed by atoms with Crippen molar-refractivity contribution in [2.75, 3.05) is 26.4 Å². The zero-order valence-electron chi connectivity index (χ0n) is 34.8. The molecule has 0 aromatic carbocycles. The molecule has 0 spiro atoms. The average Bonchev–Trinajstić information content (AvgIpc) is 3.18. The summed E-state index contributed by atoms with van der Waals surface area (Å²) in [5.74, 6) is -0.836. The number of allylic oxidation sites excluding steroid dienone is 8. The van der Waals surface area contributed by atoms with Gasteiger partial charge in [-0.3, -0.25) is 23.4 Å². The van der Waals surface area contributed by atoms with Crippen molar-refractivity contribution >= 4 is 25.5 Å². The number of ether oxygens (including phenoxy) is 2. The highest BCUT2D eigenvalue weighted by atomic mass is 31.2. The van der Waals surface area contributed by atoms with Gasteiger partial charge in [0.1, 0.15) is 12.7 Å². The van der Waals surface area contributed by atoms with E-state index in [0.717, 1.165) is 83.5 Å². The molecule has 0 aliphatic heterocycles. The van der Waals surface area contributed by atoms with Gasteiger partial charge in [0, 0.05) is 19.3 Å². The highest BCUT2D eigenvalue weighted by molar-refractivity contribution is 7.47. The molecule has 11 nitrogen and oxygen atoms in total. The van der Waals surface area contributed by atoms with E-state index in [0.29, 0.717) is 19.3 Å². The number of hydrogen-bond acceptors (Lipinski definition) is 10. The Morgan fingerprint density at radius 1 is 0.589 bits per heavy atom. The second kappa shape index (κ2) is 39.4. The smallest absolute Gasteiger partial charge is 0.462 e. The number of unbranched alkanes of at least 4 members (excludes halogenated alkanes) is 17. The van der Waals surface area contributed by atoms with E-state index in [-0.39, 0.29) is 25.2 Å². The first-order valence-electron chi connectivity index (χ1n) is 21.5. The molecular formula is C44H77O11P. The minimum absolute atomic E-state index is 0.130. The monoisotopic (exact) mass is 813 g/mol. The Labute approximate surface area is 339 Å². The lowest BCUT2D eigenvalue weighted by atomic mass is 10.1. The van der Waals surface area contributed by atoms with Crippen molar-refractivity contribution in [3.05, 3.63) is 48.6 Å². The minimum Gasteiger partial charge on any atom is -0.462 e. The van der Waals surface area contributed by atoms with Crippen molar-refractivity contribution in [3.63, 3.8) is 0 Å². The highest BCUT2D eigenvalue weighted by Crippen LogP contribution is 2.43. The zero-order valence-corrected chi connectivity index (χ0v) is 35.7. The van der Waals surface area contributed by atoms with Crippen LogP contribution in [0.5, 0.6) is 0 Å². The van der Waals surface area contributed by atoms with Gasteiger partial charge < -0.3 is 24.6 Å². The van der Waals surface area contributed by atoms with E-state index >= 15 is 0 Å². The number of hydrogen-bond donors (Lipinski definition) is 3. The molecule has 0 aliphatic carbocycles. The van der Waals surface area contributed by atoms with Gasteiger partial charge in [-0.2, -0.15) is 0 Å². The molecule has 0 radical (unpaired) electrons. The van der Waals surface area contributed by atoms with Crippen LogP contribution in [0.4, 0.5) is 0 Å². The Kier molecular flexibility index (Phi) is 37.7. The molecule has 1 unspecified atom stereocenters. The summed E-state index contributed by atoms with van der Waals surface area (Å²) in [6, 6.07) is 0. The van der Waals surface area contributed by atoms with Gasteiger partial charge in [-0.05, 0) is 70.3 Å². The first kappa shape index (κ1) is 53.6. The lowest BCUT2D eigenvalue weighted by Gasteiger charge is -2.20. The molecule has 12 heteroatoms. The fourth-order valence-corrected chi connectivity index (χ4v) is 6.32. The standard InChI is InChI=1S/C44H77O11P/c1-3-5-7-8-9-10-11-12-13-14-15-16-17-20-23-26-30-34-43(48)52-38-42(39-54-56(50,51)53-37-41(47)36-45)55-44(49)35-31-27-24-21-18-19-22-25-29-33-40(46)32-28-6-4-2/h9-10,12-13,22,25,29,33,41-42,45,47H,3-8,11,14-21,23-24,26-28,30-32,34-39H2,1-2H3,(H,50,51)/b10-9-,13-12-,25-22-,33-29+/t41-,42+/m0/s1. The molecule has 0 saturated carbocycles. The van der Waals surface area contributed by atoms with E-state index < -0.39 is 51.8 Å². The van der Waals surface area contributed by atoms with Crippen LogP contribution in [0.1, 0.15) is 174 Å². The van der Waals surface area contributed by atoms with Crippen LogP contribution in [0.3, 0.4) is 0 Å². The number of carbonyl (C=O) groups excluding carboxylic acids is 3. The lowest BCUT2D eigenvalue weighted by Crippen LogP contribution is -2.29. The molecule has 0 bridgehead atoms. The normalized spacial score (nSPS) is 14.2. The fourth-order valence-electron chi connectivity index (χ4n) is 5.53. The van der Waals surface area contributed by atoms with Gasteiger partial charge in [-0.25, -0.2) is 4.57 Å². The third kappa shape index (κ3) is 38.5. The summed E-state index contributed by atoms with van der Waals surface area (Å²) in [7, 11) is -4.64. The summed E-state index contributed by atoms with van der Waals surface area (Å²) in [4.78, 5) is 46.7. The molecule has 56 heavy (non-hydrogen) atoms. The van der Waals surface area contributed by atoms with Crippen molar-refractivity contribution in [2.24, 2.45) is 0 Å². The van der Waals surface area contributed by atoms with E-state index in [1.807, 2.05) is 12.2 Å². The average molecular weight is 813 g/mol. The van der Waals surface area contributed by atoms with Crippen LogP contribution in [0.25, 0.3) is 0 Å². The van der Waals surface area contributed by atoms with E-state index in [9.17, 15) is 28.9 Å². The van der Waals surface area contributed by atoms with Gasteiger partial charge in [0.25, 0.3) is 0 Å². The van der Waals surface area contributed by atoms with E-state index in [1.165, 1.54) is 44.9 Å². The Morgan fingerprint density at radius 2 is 1.09 bits per heavy atom. The van der Waals surface area contributed by atoms with Gasteiger partial charge in [0.05, 0.1) is 19.8 Å². The lowest BCUT2D eigenvalue weighted by molar-refractivity contribution is -0.161. The van der Waals surface area contributed by atoms with Crippen LogP contribution < -0.4 is 0 Å². The Hall–Kier alpha value is -2.40. The number of aliphatic hydroxyl groups excluding tert-OH is 2. The fraction of sp³-hybridized carbons (Fsp3) is 0.750. The van der Waals surface area contributed by atoms with Gasteiger partial charge in [-0.1, -0.05) is 133 Å². The zero-order chi connectivity index (χ0) is 41.4. The Bertz CT molecular complexity index is 1130. The summed E-state index contributed by atoms with van der Waals surface area (Å²) in [5, 5.41) is 18.3. The van der Waals surface area contributed by atoms with Crippen LogP contribution in [0.2, 0.25) is 0 Å². The van der Waals surface area contributed by atoms with Crippen LogP contribution in [0, 0.1) is 0 Å². The molecule has 0 rings (SSSR count). The van der Waals surface area contributed by atoms with Crippen LogP contribution in [0.15, 0.2) is 48.6 Å². The van der Waals surface area contributed by atoms with Crippen LogP contribution in [-0.4, -0.2) is 71.5 Å². The van der Waals surface area contributed by atoms with Gasteiger partial charge in [0.15, 0.2) is 11.9 Å². The molecular weight excluding hydrogens is 735 g/mol. The largest absolute Gasteiger partial charge is 0.472 e. The summed E-state index contributed by atoms with van der Waals surface area (Å²) < 4.78 is 32.6. The second-order valence-corrected chi connectivity index (χ2v) is 15.8. The van der Waals surface area contributed by atoms with Crippen molar-refractivity contribution in [1.29, 1.82) is 0 Å². The number of rotatable bonds is 40. The van der Waals surface area contributed by atoms with Crippen molar-refractivity contribution in [3.8, 4) is 0 Å². The number of aliphatic hydroxyl groups is 2. The molecule has 0 aliphatic rings. The second-order valence-electron chi connectivity index (χ2n) is 14.4. The van der Waals surface area contributed by atoms with Gasteiger partial charge in [0.2, 0.25) is 0 Å². The molecule has 0 saturated heterocycles. The maximum absolute atomic E-state index is 12.6. The van der Waals surface area contributed by atoms with Crippen molar-refractivity contribution < 1.29 is 52.6 Å². The molecule has 0 fully saturated rings. The summed E-state index contributed by atoms with van der Waals surface area (Å²) in [6.07, 6.45) is 37.7. The predicted molar refractivity (Wildman–Crippen MR) is 224 cm³/mol. The molecule has 0 aromatic heterocycles. The maximum Gasteiger partial charge on any atom is 0.472 e. The Balaban J connectivity index is 4.38. The molecule has 3 N–H and O–H groups in total. The number of esters is 2.